The molecule has 1 aromatic rings. The van der Waals surface area contributed by atoms with Crippen LogP contribution in [0.5, 0.6) is 0 Å². The van der Waals surface area contributed by atoms with Crippen molar-refractivity contribution in [3.63, 3.8) is 0 Å². The van der Waals surface area contributed by atoms with E-state index < -0.39 is 11.5 Å². The number of aliphatic carboxylic acids is 1. The Morgan fingerprint density at radius 3 is 2.61 bits per heavy atom. The van der Waals surface area contributed by atoms with Gasteiger partial charge in [0, 0.05) is 23.9 Å². The fraction of sp³-hybridized carbons (Fsp3) is 0.562. The van der Waals surface area contributed by atoms with E-state index >= 15 is 0 Å². The number of amides is 2. The molecule has 23 heavy (non-hydrogen) atoms. The van der Waals surface area contributed by atoms with Crippen LogP contribution in [0.2, 0.25) is 0 Å². The summed E-state index contributed by atoms with van der Waals surface area (Å²) in [6.45, 7) is 0.425. The van der Waals surface area contributed by atoms with Gasteiger partial charge in [-0.05, 0) is 30.7 Å². The first-order valence-electron chi connectivity index (χ1n) is 7.84. The summed E-state index contributed by atoms with van der Waals surface area (Å²) in [5.74, 6) is -1.15. The molecule has 6 nitrogen and oxygen atoms in total. The smallest absolute Gasteiger partial charge is 0.305 e. The van der Waals surface area contributed by atoms with Crippen molar-refractivity contribution in [2.45, 2.75) is 50.5 Å². The molecule has 126 valence electrons. The molecule has 0 saturated heterocycles. The predicted molar refractivity (Wildman–Crippen MR) is 87.5 cm³/mol. The molecule has 1 fully saturated rings. The van der Waals surface area contributed by atoms with E-state index in [-0.39, 0.29) is 24.7 Å². The molecule has 0 radical (unpaired) electrons. The largest absolute Gasteiger partial charge is 0.481 e. The zero-order valence-electron chi connectivity index (χ0n) is 13.0. The number of carbonyl (C=O) groups is 3. The summed E-state index contributed by atoms with van der Waals surface area (Å²) < 4.78 is 0. The van der Waals surface area contributed by atoms with E-state index in [0.717, 1.165) is 25.7 Å². The highest BCUT2D eigenvalue weighted by atomic mass is 32.1. The van der Waals surface area contributed by atoms with Gasteiger partial charge in [-0.15, -0.1) is 0 Å². The Balaban J connectivity index is 1.70. The maximum atomic E-state index is 12.0. The fourth-order valence-electron chi connectivity index (χ4n) is 2.99. The van der Waals surface area contributed by atoms with E-state index in [1.807, 2.05) is 5.38 Å². The Morgan fingerprint density at radius 2 is 2.00 bits per heavy atom. The third kappa shape index (κ3) is 5.35. The molecule has 0 aromatic carbocycles. The van der Waals surface area contributed by atoms with Crippen LogP contribution in [0.3, 0.4) is 0 Å². The Kier molecular flexibility index (Phi) is 6.15. The van der Waals surface area contributed by atoms with Crippen molar-refractivity contribution in [3.8, 4) is 0 Å². The number of carboxylic acid groups (broad SMARTS) is 1. The molecule has 0 atom stereocenters. The number of nitrogens with one attached hydrogen (secondary N) is 2. The van der Waals surface area contributed by atoms with Crippen molar-refractivity contribution in [2.75, 3.05) is 6.54 Å². The van der Waals surface area contributed by atoms with Crippen LogP contribution >= 0.6 is 11.3 Å². The van der Waals surface area contributed by atoms with Crippen molar-refractivity contribution in [2.24, 2.45) is 0 Å². The summed E-state index contributed by atoms with van der Waals surface area (Å²) in [5.41, 5.74) is 0.0499. The molecule has 3 N–H and O–H groups in total. The standard InChI is InChI=1S/C16H22N2O4S/c19-13(18-16(10-14(20)21)6-1-2-7-16)4-3-8-17-15(22)12-5-9-23-11-12/h5,9,11H,1-4,6-8,10H2,(H,17,22)(H,18,19)(H,20,21). The minimum Gasteiger partial charge on any atom is -0.481 e. The third-order valence-electron chi connectivity index (χ3n) is 4.10. The number of hydrogen-bond acceptors (Lipinski definition) is 4. The Labute approximate surface area is 139 Å². The van der Waals surface area contributed by atoms with Crippen LogP contribution < -0.4 is 10.6 Å². The molecule has 0 unspecified atom stereocenters. The average molecular weight is 338 g/mol. The summed E-state index contributed by atoms with van der Waals surface area (Å²) in [6.07, 6.45) is 4.14. The van der Waals surface area contributed by atoms with Crippen molar-refractivity contribution in [1.82, 2.24) is 10.6 Å². The molecule has 0 aliphatic heterocycles. The molecule has 0 spiro atoms. The lowest BCUT2D eigenvalue weighted by molar-refractivity contribution is -0.139. The SMILES string of the molecule is O=C(O)CC1(NC(=O)CCCNC(=O)c2ccsc2)CCCC1. The van der Waals surface area contributed by atoms with Crippen molar-refractivity contribution in [3.05, 3.63) is 22.4 Å². The van der Waals surface area contributed by atoms with Gasteiger partial charge in [0.25, 0.3) is 5.91 Å². The number of thiophene rings is 1. The van der Waals surface area contributed by atoms with E-state index in [0.29, 0.717) is 18.5 Å². The zero-order chi connectivity index (χ0) is 16.7. The first-order chi connectivity index (χ1) is 11.0. The van der Waals surface area contributed by atoms with Gasteiger partial charge in [-0.1, -0.05) is 12.8 Å². The Morgan fingerprint density at radius 1 is 1.26 bits per heavy atom. The van der Waals surface area contributed by atoms with Crippen LogP contribution in [-0.4, -0.2) is 35.0 Å². The molecule has 1 aliphatic carbocycles. The molecule has 0 bridgehead atoms. The van der Waals surface area contributed by atoms with Crippen LogP contribution in [0.1, 0.15) is 55.3 Å². The highest BCUT2D eigenvalue weighted by Gasteiger charge is 2.37. The summed E-state index contributed by atoms with van der Waals surface area (Å²) in [4.78, 5) is 34.8. The summed E-state index contributed by atoms with van der Waals surface area (Å²) >= 11 is 1.46. The minimum atomic E-state index is -0.879. The number of carboxylic acids is 1. The van der Waals surface area contributed by atoms with Gasteiger partial charge in [-0.25, -0.2) is 0 Å². The van der Waals surface area contributed by atoms with Crippen molar-refractivity contribution >= 4 is 29.1 Å². The molecular formula is C16H22N2O4S. The highest BCUT2D eigenvalue weighted by Crippen LogP contribution is 2.32. The van der Waals surface area contributed by atoms with Gasteiger partial charge >= 0.3 is 5.97 Å². The molecular weight excluding hydrogens is 316 g/mol. The van der Waals surface area contributed by atoms with Crippen molar-refractivity contribution in [1.29, 1.82) is 0 Å². The molecule has 1 heterocycles. The average Bonchev–Trinajstić information content (AvgIpc) is 3.14. The zero-order valence-corrected chi connectivity index (χ0v) is 13.8. The first kappa shape index (κ1) is 17.5. The fourth-order valence-corrected chi connectivity index (χ4v) is 3.63. The molecule has 1 aliphatic rings. The van der Waals surface area contributed by atoms with Gasteiger partial charge in [0.1, 0.15) is 0 Å². The van der Waals surface area contributed by atoms with Gasteiger partial charge < -0.3 is 15.7 Å². The van der Waals surface area contributed by atoms with Crippen molar-refractivity contribution < 1.29 is 19.5 Å². The Bertz CT molecular complexity index is 550. The molecule has 2 amide bonds. The topological polar surface area (TPSA) is 95.5 Å². The molecule has 1 aromatic heterocycles. The van der Waals surface area contributed by atoms with E-state index in [9.17, 15) is 14.4 Å². The second-order valence-electron chi connectivity index (χ2n) is 5.98. The van der Waals surface area contributed by atoms with E-state index in [2.05, 4.69) is 10.6 Å². The second-order valence-corrected chi connectivity index (χ2v) is 6.76. The lowest BCUT2D eigenvalue weighted by Crippen LogP contribution is -2.47. The van der Waals surface area contributed by atoms with E-state index in [1.165, 1.54) is 11.3 Å². The van der Waals surface area contributed by atoms with Crippen LogP contribution in [-0.2, 0) is 9.59 Å². The summed E-state index contributed by atoms with van der Waals surface area (Å²) in [7, 11) is 0. The van der Waals surface area contributed by atoms with Crippen LogP contribution in [0, 0.1) is 0 Å². The third-order valence-corrected chi connectivity index (χ3v) is 4.79. The van der Waals surface area contributed by atoms with Gasteiger partial charge in [-0.3, -0.25) is 14.4 Å². The minimum absolute atomic E-state index is 0.0202. The normalized spacial score (nSPS) is 16.0. The number of hydrogen-bond donors (Lipinski definition) is 3. The Hall–Kier alpha value is -1.89. The van der Waals surface area contributed by atoms with E-state index in [4.69, 9.17) is 5.11 Å². The van der Waals surface area contributed by atoms with Crippen LogP contribution in [0.15, 0.2) is 16.8 Å². The maximum Gasteiger partial charge on any atom is 0.305 e. The van der Waals surface area contributed by atoms with Crippen LogP contribution in [0.25, 0.3) is 0 Å². The highest BCUT2D eigenvalue weighted by molar-refractivity contribution is 7.08. The molecule has 1 saturated carbocycles. The number of carbonyl (C=O) groups excluding carboxylic acids is 2. The molecule has 2 rings (SSSR count). The monoisotopic (exact) mass is 338 g/mol. The quantitative estimate of drug-likeness (QED) is 0.633. The lowest BCUT2D eigenvalue weighted by Gasteiger charge is -2.28. The number of rotatable bonds is 8. The maximum absolute atomic E-state index is 12.0. The summed E-state index contributed by atoms with van der Waals surface area (Å²) in [6, 6.07) is 1.75. The van der Waals surface area contributed by atoms with Gasteiger partial charge in [0.2, 0.25) is 5.91 Å². The van der Waals surface area contributed by atoms with E-state index in [1.54, 1.807) is 11.4 Å². The van der Waals surface area contributed by atoms with Gasteiger partial charge in [0.15, 0.2) is 0 Å². The lowest BCUT2D eigenvalue weighted by atomic mass is 9.93. The predicted octanol–water partition coefficient (Wildman–Crippen LogP) is 2.16. The molecule has 7 heteroatoms. The van der Waals surface area contributed by atoms with Gasteiger partial charge in [-0.2, -0.15) is 11.3 Å². The second kappa shape index (κ2) is 8.10. The van der Waals surface area contributed by atoms with Crippen LogP contribution in [0.4, 0.5) is 0 Å². The first-order valence-corrected chi connectivity index (χ1v) is 8.78. The summed E-state index contributed by atoms with van der Waals surface area (Å²) in [5, 5.41) is 18.3. The van der Waals surface area contributed by atoms with Gasteiger partial charge in [0.05, 0.1) is 12.0 Å².